The van der Waals surface area contributed by atoms with Crippen LogP contribution in [0.15, 0.2) is 0 Å². The summed E-state index contributed by atoms with van der Waals surface area (Å²) in [5, 5.41) is 12.2. The molecule has 2 heterocycles. The molecule has 84 valence electrons. The van der Waals surface area contributed by atoms with Crippen molar-refractivity contribution in [3.63, 3.8) is 0 Å². The quantitative estimate of drug-likeness (QED) is 0.592. The molecule has 5 heteroatoms. The highest BCUT2D eigenvalue weighted by atomic mass is 16.3. The minimum atomic E-state index is -0.560. The van der Waals surface area contributed by atoms with E-state index >= 15 is 0 Å². The number of hydrogen-bond acceptors (Lipinski definition) is 3. The van der Waals surface area contributed by atoms with Crippen LogP contribution in [0.4, 0.5) is 0 Å². The van der Waals surface area contributed by atoms with Crippen LogP contribution in [0.1, 0.15) is 20.3 Å². The number of fused-ring (bicyclic) bond motifs is 1. The Morgan fingerprint density at radius 1 is 1.47 bits per heavy atom. The first kappa shape index (κ1) is 10.4. The van der Waals surface area contributed by atoms with Gasteiger partial charge in [0.1, 0.15) is 12.1 Å². The molecule has 0 aromatic carbocycles. The van der Waals surface area contributed by atoms with Crippen LogP contribution in [0, 0.1) is 5.92 Å². The third kappa shape index (κ3) is 1.61. The second kappa shape index (κ2) is 3.48. The van der Waals surface area contributed by atoms with Crippen LogP contribution in [0.25, 0.3) is 0 Å². The van der Waals surface area contributed by atoms with Crippen molar-refractivity contribution in [3.8, 4) is 0 Å². The lowest BCUT2D eigenvalue weighted by molar-refractivity contribution is -0.148. The van der Waals surface area contributed by atoms with Gasteiger partial charge in [-0.2, -0.15) is 0 Å². The van der Waals surface area contributed by atoms with Gasteiger partial charge < -0.3 is 15.3 Å². The zero-order valence-electron chi connectivity index (χ0n) is 8.93. The van der Waals surface area contributed by atoms with Crippen LogP contribution >= 0.6 is 0 Å². The molecule has 2 amide bonds. The first-order chi connectivity index (χ1) is 7.00. The smallest absolute Gasteiger partial charge is 0.246 e. The van der Waals surface area contributed by atoms with E-state index < -0.39 is 18.2 Å². The highest BCUT2D eigenvalue weighted by Crippen LogP contribution is 2.24. The molecule has 0 unspecified atom stereocenters. The van der Waals surface area contributed by atoms with Gasteiger partial charge in [0.25, 0.3) is 0 Å². The summed E-state index contributed by atoms with van der Waals surface area (Å²) in [7, 11) is 0. The first-order valence-corrected chi connectivity index (χ1v) is 5.29. The average molecular weight is 212 g/mol. The summed E-state index contributed by atoms with van der Waals surface area (Å²) in [5.41, 5.74) is 0. The lowest BCUT2D eigenvalue weighted by atomic mass is 9.99. The summed E-state index contributed by atoms with van der Waals surface area (Å²) < 4.78 is 0. The fraction of sp³-hybridized carbons (Fsp3) is 0.800. The van der Waals surface area contributed by atoms with Crippen molar-refractivity contribution in [3.05, 3.63) is 0 Å². The average Bonchev–Trinajstić information content (AvgIpc) is 2.53. The Morgan fingerprint density at radius 2 is 2.13 bits per heavy atom. The zero-order valence-corrected chi connectivity index (χ0v) is 8.93. The maximum atomic E-state index is 11.9. The van der Waals surface area contributed by atoms with Crippen LogP contribution in [-0.4, -0.2) is 46.6 Å². The van der Waals surface area contributed by atoms with E-state index in [4.69, 9.17) is 0 Å². The molecule has 3 atom stereocenters. The molecule has 2 rings (SSSR count). The van der Waals surface area contributed by atoms with Crippen LogP contribution in [0.5, 0.6) is 0 Å². The van der Waals surface area contributed by atoms with Gasteiger partial charge in [-0.25, -0.2) is 0 Å². The highest BCUT2D eigenvalue weighted by Gasteiger charge is 2.46. The number of piperazine rings is 1. The van der Waals surface area contributed by atoms with E-state index in [2.05, 4.69) is 5.32 Å². The van der Waals surface area contributed by atoms with Crippen molar-refractivity contribution in [1.82, 2.24) is 10.2 Å². The SMILES string of the molecule is CC(C)[C@@H]1NC(=O)[C@@H]2C[C@@H](O)CN2C1=O. The van der Waals surface area contributed by atoms with Crippen molar-refractivity contribution in [2.75, 3.05) is 6.54 Å². The van der Waals surface area contributed by atoms with Crippen molar-refractivity contribution in [1.29, 1.82) is 0 Å². The lowest BCUT2D eigenvalue weighted by Crippen LogP contribution is -2.62. The molecular formula is C10H16N2O3. The highest BCUT2D eigenvalue weighted by molar-refractivity contribution is 5.97. The van der Waals surface area contributed by atoms with Crippen LogP contribution in [0.2, 0.25) is 0 Å². The van der Waals surface area contributed by atoms with Gasteiger partial charge in [-0.15, -0.1) is 0 Å². The third-order valence-electron chi connectivity index (χ3n) is 3.10. The number of aliphatic hydroxyl groups excluding tert-OH is 1. The Bertz CT molecular complexity index is 303. The second-order valence-corrected chi connectivity index (χ2v) is 4.63. The topological polar surface area (TPSA) is 69.6 Å². The number of carbonyl (C=O) groups is 2. The summed E-state index contributed by atoms with van der Waals surface area (Å²) in [6.07, 6.45) is -0.196. The third-order valence-corrected chi connectivity index (χ3v) is 3.10. The minimum Gasteiger partial charge on any atom is -0.391 e. The van der Waals surface area contributed by atoms with Gasteiger partial charge in [-0.3, -0.25) is 9.59 Å². The van der Waals surface area contributed by atoms with Crippen molar-refractivity contribution in [2.24, 2.45) is 5.92 Å². The van der Waals surface area contributed by atoms with Gasteiger partial charge >= 0.3 is 0 Å². The van der Waals surface area contributed by atoms with Crippen LogP contribution in [-0.2, 0) is 9.59 Å². The summed E-state index contributed by atoms with van der Waals surface area (Å²) >= 11 is 0. The van der Waals surface area contributed by atoms with Gasteiger partial charge in [-0.1, -0.05) is 13.8 Å². The molecule has 2 fully saturated rings. The molecule has 2 aliphatic rings. The van der Waals surface area contributed by atoms with Crippen LogP contribution < -0.4 is 5.32 Å². The standard InChI is InChI=1S/C10H16N2O3/c1-5(2)8-10(15)12-4-6(13)3-7(12)9(14)11-8/h5-8,13H,3-4H2,1-2H3,(H,11,14)/t6-,7+,8+/m1/s1. The van der Waals surface area contributed by atoms with E-state index in [0.717, 1.165) is 0 Å². The van der Waals surface area contributed by atoms with E-state index in [-0.39, 0.29) is 17.7 Å². The molecule has 5 nitrogen and oxygen atoms in total. The van der Waals surface area contributed by atoms with Crippen molar-refractivity contribution >= 4 is 11.8 Å². The molecule has 0 saturated carbocycles. The predicted molar refractivity (Wildman–Crippen MR) is 52.9 cm³/mol. The van der Waals surface area contributed by atoms with Crippen LogP contribution in [0.3, 0.4) is 0 Å². The fourth-order valence-electron chi connectivity index (χ4n) is 2.25. The molecule has 2 aliphatic heterocycles. The van der Waals surface area contributed by atoms with Crippen molar-refractivity contribution in [2.45, 2.75) is 38.5 Å². The number of aliphatic hydroxyl groups is 1. The Morgan fingerprint density at radius 3 is 2.73 bits per heavy atom. The monoisotopic (exact) mass is 212 g/mol. The summed E-state index contributed by atoms with van der Waals surface area (Å²) in [4.78, 5) is 25.1. The van der Waals surface area contributed by atoms with E-state index in [1.807, 2.05) is 13.8 Å². The molecule has 0 aromatic rings. The number of carbonyl (C=O) groups excluding carboxylic acids is 2. The summed E-state index contributed by atoms with van der Waals surface area (Å²) in [5.74, 6) is -0.115. The molecule has 15 heavy (non-hydrogen) atoms. The molecule has 0 radical (unpaired) electrons. The zero-order chi connectivity index (χ0) is 11.2. The molecule has 0 aliphatic carbocycles. The van der Waals surface area contributed by atoms with Gasteiger partial charge in [-0.05, 0) is 5.92 Å². The fourth-order valence-corrected chi connectivity index (χ4v) is 2.25. The predicted octanol–water partition coefficient (Wildman–Crippen LogP) is -0.897. The number of nitrogens with zero attached hydrogens (tertiary/aromatic N) is 1. The van der Waals surface area contributed by atoms with E-state index in [0.29, 0.717) is 13.0 Å². The van der Waals surface area contributed by atoms with Gasteiger partial charge in [0.05, 0.1) is 6.10 Å². The largest absolute Gasteiger partial charge is 0.391 e. The maximum Gasteiger partial charge on any atom is 0.246 e. The Balaban J connectivity index is 2.21. The Labute approximate surface area is 88.4 Å². The summed E-state index contributed by atoms with van der Waals surface area (Å²) in [6, 6.07) is -0.887. The van der Waals surface area contributed by atoms with Gasteiger partial charge in [0, 0.05) is 13.0 Å². The van der Waals surface area contributed by atoms with Gasteiger partial charge in [0.2, 0.25) is 11.8 Å². The van der Waals surface area contributed by atoms with Crippen molar-refractivity contribution < 1.29 is 14.7 Å². The number of nitrogens with one attached hydrogen (secondary N) is 1. The Kier molecular flexibility index (Phi) is 2.42. The molecular weight excluding hydrogens is 196 g/mol. The molecule has 2 saturated heterocycles. The molecule has 2 N–H and O–H groups in total. The molecule has 0 bridgehead atoms. The molecule has 0 spiro atoms. The maximum absolute atomic E-state index is 11.9. The Hall–Kier alpha value is -1.10. The van der Waals surface area contributed by atoms with Gasteiger partial charge in [0.15, 0.2) is 0 Å². The number of amides is 2. The normalized spacial score (nSPS) is 35.7. The van der Waals surface area contributed by atoms with E-state index in [1.54, 1.807) is 0 Å². The summed E-state index contributed by atoms with van der Waals surface area (Å²) in [6.45, 7) is 4.09. The number of rotatable bonds is 1. The first-order valence-electron chi connectivity index (χ1n) is 5.29. The number of hydrogen-bond donors (Lipinski definition) is 2. The molecule has 0 aromatic heterocycles. The van der Waals surface area contributed by atoms with E-state index in [1.165, 1.54) is 4.90 Å². The lowest BCUT2D eigenvalue weighted by Gasteiger charge is -2.36. The minimum absolute atomic E-state index is 0.0637. The van der Waals surface area contributed by atoms with E-state index in [9.17, 15) is 14.7 Å². The second-order valence-electron chi connectivity index (χ2n) is 4.63.